The van der Waals surface area contributed by atoms with Gasteiger partial charge < -0.3 is 4.90 Å². The predicted octanol–water partition coefficient (Wildman–Crippen LogP) is 2.14. The van der Waals surface area contributed by atoms with Gasteiger partial charge in [-0.05, 0) is 24.1 Å². The molecule has 1 aromatic carbocycles. The Hall–Kier alpha value is -1.02. The molecule has 1 aromatic rings. The van der Waals surface area contributed by atoms with Crippen LogP contribution in [0.2, 0.25) is 5.02 Å². The van der Waals surface area contributed by atoms with Crippen molar-refractivity contribution >= 4 is 23.6 Å². The third-order valence-corrected chi connectivity index (χ3v) is 2.78. The number of anilines is 1. The van der Waals surface area contributed by atoms with Crippen LogP contribution in [0.3, 0.4) is 0 Å². The number of likely N-dealkylation sites (N-methyl/N-ethyl adjacent to an activating group) is 1. The van der Waals surface area contributed by atoms with E-state index in [0.29, 0.717) is 10.6 Å². The van der Waals surface area contributed by atoms with Crippen molar-refractivity contribution in [2.75, 3.05) is 18.5 Å². The smallest absolute Gasteiger partial charge is 0.151 e. The Labute approximate surface area is 82.1 Å². The van der Waals surface area contributed by atoms with Gasteiger partial charge in [0.25, 0.3) is 0 Å². The van der Waals surface area contributed by atoms with Crippen LogP contribution >= 0.6 is 11.6 Å². The summed E-state index contributed by atoms with van der Waals surface area (Å²) in [5, 5.41) is 0.544. The molecule has 0 amide bonds. The number of halogens is 1. The third-order valence-electron chi connectivity index (χ3n) is 2.45. The number of benzene rings is 1. The van der Waals surface area contributed by atoms with Gasteiger partial charge in [0.05, 0.1) is 5.02 Å². The lowest BCUT2D eigenvalue weighted by atomic mass is 10.1. The molecule has 68 valence electrons. The summed E-state index contributed by atoms with van der Waals surface area (Å²) in [7, 11) is 2.03. The van der Waals surface area contributed by atoms with Crippen molar-refractivity contribution in [3.8, 4) is 0 Å². The normalized spacial score (nSPS) is 14.5. The van der Waals surface area contributed by atoms with Crippen LogP contribution in [0, 0.1) is 0 Å². The Kier molecular flexibility index (Phi) is 2.00. The number of rotatable bonds is 1. The minimum Gasteiger partial charge on any atom is -0.374 e. The summed E-state index contributed by atoms with van der Waals surface area (Å²) >= 11 is 5.92. The molecule has 0 N–H and O–H groups in total. The molecule has 0 spiro atoms. The molecule has 0 bridgehead atoms. The van der Waals surface area contributed by atoms with Gasteiger partial charge in [-0.3, -0.25) is 4.79 Å². The maximum absolute atomic E-state index is 10.6. The predicted molar refractivity (Wildman–Crippen MR) is 53.8 cm³/mol. The first-order valence-corrected chi connectivity index (χ1v) is 4.59. The summed E-state index contributed by atoms with van der Waals surface area (Å²) in [6, 6.07) is 3.75. The average Bonchev–Trinajstić information content (AvgIpc) is 2.47. The van der Waals surface area contributed by atoms with E-state index in [4.69, 9.17) is 11.6 Å². The van der Waals surface area contributed by atoms with Crippen LogP contribution in [0.15, 0.2) is 12.1 Å². The SMILES string of the molecule is CN1CCc2cc(C=O)c(Cl)cc21. The van der Waals surface area contributed by atoms with Crippen molar-refractivity contribution in [1.82, 2.24) is 0 Å². The summed E-state index contributed by atoms with van der Waals surface area (Å²) < 4.78 is 0. The fourth-order valence-electron chi connectivity index (χ4n) is 1.68. The second-order valence-corrected chi connectivity index (χ2v) is 3.70. The van der Waals surface area contributed by atoms with Crippen molar-refractivity contribution in [3.05, 3.63) is 28.3 Å². The summed E-state index contributed by atoms with van der Waals surface area (Å²) in [4.78, 5) is 12.8. The molecular weight excluding hydrogens is 186 g/mol. The Morgan fingerprint density at radius 2 is 2.31 bits per heavy atom. The van der Waals surface area contributed by atoms with E-state index in [9.17, 15) is 4.79 Å². The second kappa shape index (κ2) is 3.04. The van der Waals surface area contributed by atoms with Crippen LogP contribution in [0.1, 0.15) is 15.9 Å². The zero-order chi connectivity index (χ0) is 9.42. The third kappa shape index (κ3) is 1.31. The van der Waals surface area contributed by atoms with E-state index in [2.05, 4.69) is 4.90 Å². The van der Waals surface area contributed by atoms with E-state index < -0.39 is 0 Å². The van der Waals surface area contributed by atoms with Crippen molar-refractivity contribution in [2.45, 2.75) is 6.42 Å². The Bertz CT molecular complexity index is 362. The number of aldehydes is 1. The number of carbonyl (C=O) groups excluding carboxylic acids is 1. The lowest BCUT2D eigenvalue weighted by Crippen LogP contribution is -2.12. The molecule has 0 saturated heterocycles. The standard InChI is InChI=1S/C10H10ClNO/c1-12-3-2-7-4-8(6-13)9(11)5-10(7)12/h4-6H,2-3H2,1H3. The van der Waals surface area contributed by atoms with Gasteiger partial charge in [0.1, 0.15) is 0 Å². The monoisotopic (exact) mass is 195 g/mol. The van der Waals surface area contributed by atoms with Gasteiger partial charge in [-0.15, -0.1) is 0 Å². The highest BCUT2D eigenvalue weighted by Gasteiger charge is 2.17. The van der Waals surface area contributed by atoms with Gasteiger partial charge in [0, 0.05) is 24.8 Å². The van der Waals surface area contributed by atoms with Crippen molar-refractivity contribution in [2.24, 2.45) is 0 Å². The largest absolute Gasteiger partial charge is 0.374 e. The van der Waals surface area contributed by atoms with Crippen LogP contribution in [-0.4, -0.2) is 19.9 Å². The zero-order valence-electron chi connectivity index (χ0n) is 7.38. The highest BCUT2D eigenvalue weighted by Crippen LogP contribution is 2.31. The first-order chi connectivity index (χ1) is 6.22. The lowest BCUT2D eigenvalue weighted by molar-refractivity contribution is 0.112. The van der Waals surface area contributed by atoms with Crippen LogP contribution in [0.5, 0.6) is 0 Å². The minimum atomic E-state index is 0.544. The maximum atomic E-state index is 10.6. The number of carbonyl (C=O) groups is 1. The fraction of sp³-hybridized carbons (Fsp3) is 0.300. The molecule has 1 aliphatic rings. The maximum Gasteiger partial charge on any atom is 0.151 e. The Morgan fingerprint density at radius 1 is 1.54 bits per heavy atom. The molecule has 0 radical (unpaired) electrons. The van der Waals surface area contributed by atoms with E-state index >= 15 is 0 Å². The summed E-state index contributed by atoms with van der Waals surface area (Å²) in [5.74, 6) is 0. The van der Waals surface area contributed by atoms with Crippen LogP contribution in [0.4, 0.5) is 5.69 Å². The molecule has 2 nitrogen and oxygen atoms in total. The van der Waals surface area contributed by atoms with Crippen molar-refractivity contribution in [3.63, 3.8) is 0 Å². The average molecular weight is 196 g/mol. The molecule has 0 atom stereocenters. The fourth-order valence-corrected chi connectivity index (χ4v) is 1.88. The Morgan fingerprint density at radius 3 is 3.00 bits per heavy atom. The first kappa shape index (κ1) is 8.57. The van der Waals surface area contributed by atoms with Crippen LogP contribution < -0.4 is 4.90 Å². The van der Waals surface area contributed by atoms with Gasteiger partial charge in [-0.2, -0.15) is 0 Å². The van der Waals surface area contributed by atoms with Gasteiger partial charge in [0.2, 0.25) is 0 Å². The highest BCUT2D eigenvalue weighted by molar-refractivity contribution is 6.33. The lowest BCUT2D eigenvalue weighted by Gasteiger charge is -2.12. The number of nitrogens with zero attached hydrogens (tertiary/aromatic N) is 1. The molecule has 0 saturated carbocycles. The Balaban J connectivity index is 2.56. The number of fused-ring (bicyclic) bond motifs is 1. The number of hydrogen-bond donors (Lipinski definition) is 0. The molecule has 0 unspecified atom stereocenters. The van der Waals surface area contributed by atoms with E-state index in [0.717, 1.165) is 24.9 Å². The van der Waals surface area contributed by atoms with Gasteiger partial charge >= 0.3 is 0 Å². The van der Waals surface area contributed by atoms with Gasteiger partial charge in [0.15, 0.2) is 6.29 Å². The topological polar surface area (TPSA) is 20.3 Å². The van der Waals surface area contributed by atoms with Crippen molar-refractivity contribution in [1.29, 1.82) is 0 Å². The van der Waals surface area contributed by atoms with Gasteiger partial charge in [-0.1, -0.05) is 11.6 Å². The van der Waals surface area contributed by atoms with E-state index in [1.807, 2.05) is 19.2 Å². The molecule has 0 aromatic heterocycles. The molecular formula is C10H10ClNO. The molecule has 2 rings (SSSR count). The summed E-state index contributed by atoms with van der Waals surface area (Å²) in [5.41, 5.74) is 2.96. The highest BCUT2D eigenvalue weighted by atomic mass is 35.5. The van der Waals surface area contributed by atoms with E-state index in [1.165, 1.54) is 5.56 Å². The van der Waals surface area contributed by atoms with Crippen LogP contribution in [0.25, 0.3) is 0 Å². The minimum absolute atomic E-state index is 0.544. The summed E-state index contributed by atoms with van der Waals surface area (Å²) in [6.45, 7) is 1.01. The van der Waals surface area contributed by atoms with E-state index in [-0.39, 0.29) is 0 Å². The van der Waals surface area contributed by atoms with Crippen molar-refractivity contribution < 1.29 is 4.79 Å². The van der Waals surface area contributed by atoms with Crippen LogP contribution in [-0.2, 0) is 6.42 Å². The molecule has 1 aliphatic heterocycles. The van der Waals surface area contributed by atoms with Gasteiger partial charge in [-0.25, -0.2) is 0 Å². The molecule has 3 heteroatoms. The first-order valence-electron chi connectivity index (χ1n) is 4.21. The summed E-state index contributed by atoms with van der Waals surface area (Å²) in [6.07, 6.45) is 1.81. The molecule has 0 aliphatic carbocycles. The van der Waals surface area contributed by atoms with E-state index in [1.54, 1.807) is 0 Å². The molecule has 0 fully saturated rings. The molecule has 13 heavy (non-hydrogen) atoms. The zero-order valence-corrected chi connectivity index (χ0v) is 8.14. The molecule has 1 heterocycles. The quantitative estimate of drug-likeness (QED) is 0.640. The number of hydrogen-bond acceptors (Lipinski definition) is 2. The second-order valence-electron chi connectivity index (χ2n) is 3.29.